The summed E-state index contributed by atoms with van der Waals surface area (Å²) in [5, 5.41) is 10.3. The van der Waals surface area contributed by atoms with Crippen molar-refractivity contribution >= 4 is 23.2 Å². The summed E-state index contributed by atoms with van der Waals surface area (Å²) in [5.41, 5.74) is 5.79. The van der Waals surface area contributed by atoms with Crippen molar-refractivity contribution in [1.82, 2.24) is 9.78 Å². The molecule has 1 aliphatic carbocycles. The molecule has 2 N–H and O–H groups in total. The quantitative estimate of drug-likeness (QED) is 0.514. The molecule has 2 amide bonds. The number of fused-ring (bicyclic) bond motifs is 3. The van der Waals surface area contributed by atoms with Gasteiger partial charge in [0, 0.05) is 35.0 Å². The molecule has 0 spiro atoms. The maximum atomic E-state index is 13.2. The molecule has 0 unspecified atom stereocenters. The van der Waals surface area contributed by atoms with Crippen LogP contribution in [0.2, 0.25) is 0 Å². The smallest absolute Gasteiger partial charge is 0.308 e. The van der Waals surface area contributed by atoms with Crippen LogP contribution in [-0.2, 0) is 12.5 Å². The van der Waals surface area contributed by atoms with Gasteiger partial charge in [0.1, 0.15) is 0 Å². The summed E-state index contributed by atoms with van der Waals surface area (Å²) < 4.78 is 1.78. The minimum atomic E-state index is -0.348. The van der Waals surface area contributed by atoms with Gasteiger partial charge in [-0.2, -0.15) is 5.10 Å². The van der Waals surface area contributed by atoms with Crippen molar-refractivity contribution in [3.8, 4) is 11.3 Å². The van der Waals surface area contributed by atoms with E-state index in [0.717, 1.165) is 28.2 Å². The van der Waals surface area contributed by atoms with Crippen molar-refractivity contribution in [1.29, 1.82) is 0 Å². The molecule has 4 rings (SSSR count). The lowest BCUT2D eigenvalue weighted by Gasteiger charge is -2.16. The summed E-state index contributed by atoms with van der Waals surface area (Å²) in [5.74, 6) is -0.0454. The van der Waals surface area contributed by atoms with E-state index in [-0.39, 0.29) is 17.2 Å². The average Bonchev–Trinajstić information content (AvgIpc) is 3.13. The first-order chi connectivity index (χ1) is 13.7. The number of aryl methyl sites for hydroxylation is 2. The molecule has 3 aromatic rings. The fraction of sp³-hybridized carbons (Fsp3) is 0.261. The molecule has 0 aliphatic heterocycles. The molecule has 6 heteroatoms. The average molecular weight is 388 g/mol. The number of nitrogens with one attached hydrogen (secondary N) is 2. The maximum Gasteiger partial charge on any atom is 0.323 e. The van der Waals surface area contributed by atoms with E-state index in [1.54, 1.807) is 10.7 Å². The van der Waals surface area contributed by atoms with Crippen LogP contribution in [0.5, 0.6) is 0 Å². The van der Waals surface area contributed by atoms with E-state index in [4.69, 9.17) is 0 Å². The lowest BCUT2D eigenvalue weighted by Crippen LogP contribution is -2.20. The standard InChI is InChI=1S/C23H24N4O2/c1-13-8-6-7-9-17(13)25-22(29)24-14-10-11-15-16(12-14)20(28)18-19(15)27(5)26-21(18)23(2,3)4/h6-12H,1-5H3,(H2,24,25,29). The summed E-state index contributed by atoms with van der Waals surface area (Å²) in [6.45, 7) is 8.08. The molecule has 0 atom stereocenters. The number of benzene rings is 2. The topological polar surface area (TPSA) is 76.0 Å². The van der Waals surface area contributed by atoms with Gasteiger partial charge in [-0.3, -0.25) is 9.48 Å². The van der Waals surface area contributed by atoms with Crippen LogP contribution in [0.1, 0.15) is 48.0 Å². The molecule has 0 saturated carbocycles. The number of hydrogen-bond donors (Lipinski definition) is 2. The zero-order valence-corrected chi connectivity index (χ0v) is 17.3. The second-order valence-corrected chi connectivity index (χ2v) is 8.43. The Morgan fingerprint density at radius 3 is 2.45 bits per heavy atom. The van der Waals surface area contributed by atoms with Gasteiger partial charge in [0.15, 0.2) is 5.78 Å². The number of urea groups is 1. The van der Waals surface area contributed by atoms with E-state index in [0.29, 0.717) is 16.8 Å². The predicted molar refractivity (Wildman–Crippen MR) is 115 cm³/mol. The summed E-state index contributed by atoms with van der Waals surface area (Å²) >= 11 is 0. The zero-order chi connectivity index (χ0) is 20.9. The van der Waals surface area contributed by atoms with E-state index >= 15 is 0 Å². The Morgan fingerprint density at radius 1 is 1.03 bits per heavy atom. The van der Waals surface area contributed by atoms with Crippen molar-refractivity contribution in [3.63, 3.8) is 0 Å². The number of para-hydroxylation sites is 1. The summed E-state index contributed by atoms with van der Waals surface area (Å²) in [7, 11) is 1.86. The maximum absolute atomic E-state index is 13.2. The van der Waals surface area contributed by atoms with Crippen LogP contribution in [0, 0.1) is 6.92 Å². The number of anilines is 2. The fourth-order valence-corrected chi connectivity index (χ4v) is 3.72. The highest BCUT2D eigenvalue weighted by Crippen LogP contribution is 2.42. The zero-order valence-electron chi connectivity index (χ0n) is 17.3. The Bertz CT molecular complexity index is 1150. The van der Waals surface area contributed by atoms with Crippen molar-refractivity contribution in [2.24, 2.45) is 7.05 Å². The number of carbonyl (C=O) groups is 2. The number of amides is 2. The van der Waals surface area contributed by atoms with Crippen LogP contribution in [0.3, 0.4) is 0 Å². The summed E-state index contributed by atoms with van der Waals surface area (Å²) in [6.07, 6.45) is 0. The normalized spacial score (nSPS) is 12.5. The van der Waals surface area contributed by atoms with Crippen molar-refractivity contribution in [3.05, 3.63) is 64.8 Å². The van der Waals surface area contributed by atoms with Gasteiger partial charge >= 0.3 is 6.03 Å². The lowest BCUT2D eigenvalue weighted by molar-refractivity contribution is 0.104. The van der Waals surface area contributed by atoms with Crippen LogP contribution in [0.15, 0.2) is 42.5 Å². The fourth-order valence-electron chi connectivity index (χ4n) is 3.72. The van der Waals surface area contributed by atoms with Crippen LogP contribution in [0.4, 0.5) is 16.2 Å². The Balaban J connectivity index is 1.63. The van der Waals surface area contributed by atoms with Gasteiger partial charge in [0.05, 0.1) is 17.0 Å². The van der Waals surface area contributed by atoms with E-state index in [9.17, 15) is 9.59 Å². The Hall–Kier alpha value is -3.41. The Morgan fingerprint density at radius 2 is 1.76 bits per heavy atom. The van der Waals surface area contributed by atoms with Gasteiger partial charge in [-0.05, 0) is 36.8 Å². The van der Waals surface area contributed by atoms with Crippen LogP contribution in [0.25, 0.3) is 11.3 Å². The predicted octanol–water partition coefficient (Wildman–Crippen LogP) is 4.88. The Kier molecular flexibility index (Phi) is 4.30. The number of ketones is 1. The number of aromatic nitrogens is 2. The van der Waals surface area contributed by atoms with Gasteiger partial charge in [-0.1, -0.05) is 39.0 Å². The second kappa shape index (κ2) is 6.58. The van der Waals surface area contributed by atoms with E-state index in [1.165, 1.54) is 0 Å². The highest BCUT2D eigenvalue weighted by Gasteiger charge is 2.37. The molecule has 29 heavy (non-hydrogen) atoms. The first-order valence-corrected chi connectivity index (χ1v) is 9.57. The molecule has 1 heterocycles. The molecular weight excluding hydrogens is 364 g/mol. The molecule has 148 valence electrons. The van der Waals surface area contributed by atoms with E-state index < -0.39 is 0 Å². The first kappa shape index (κ1) is 18.9. The Labute approximate surface area is 169 Å². The van der Waals surface area contributed by atoms with Gasteiger partial charge in [-0.15, -0.1) is 0 Å². The van der Waals surface area contributed by atoms with Crippen LogP contribution < -0.4 is 10.6 Å². The lowest BCUT2D eigenvalue weighted by atomic mass is 9.88. The molecule has 6 nitrogen and oxygen atoms in total. The molecule has 1 aliphatic rings. The first-order valence-electron chi connectivity index (χ1n) is 9.57. The molecular formula is C23H24N4O2. The van der Waals surface area contributed by atoms with Gasteiger partial charge in [0.25, 0.3) is 0 Å². The van der Waals surface area contributed by atoms with E-state index in [1.807, 2.05) is 50.4 Å². The minimum absolute atomic E-state index is 0.0454. The number of rotatable bonds is 2. The SMILES string of the molecule is Cc1ccccc1NC(=O)Nc1ccc2c(c1)C(=O)c1c(C(C)(C)C)nn(C)c1-2. The van der Waals surface area contributed by atoms with Crippen molar-refractivity contribution in [2.45, 2.75) is 33.1 Å². The number of hydrogen-bond acceptors (Lipinski definition) is 3. The molecule has 0 fully saturated rings. The van der Waals surface area contributed by atoms with Gasteiger partial charge in [0.2, 0.25) is 0 Å². The molecule has 2 aromatic carbocycles. The van der Waals surface area contributed by atoms with Crippen molar-refractivity contribution in [2.75, 3.05) is 10.6 Å². The second-order valence-electron chi connectivity index (χ2n) is 8.43. The summed E-state index contributed by atoms with van der Waals surface area (Å²) in [4.78, 5) is 25.6. The third-order valence-electron chi connectivity index (χ3n) is 5.16. The third-order valence-corrected chi connectivity index (χ3v) is 5.16. The third kappa shape index (κ3) is 3.20. The molecule has 0 saturated heterocycles. The highest BCUT2D eigenvalue weighted by molar-refractivity contribution is 6.22. The molecule has 0 radical (unpaired) electrons. The minimum Gasteiger partial charge on any atom is -0.308 e. The number of nitrogens with zero attached hydrogens (tertiary/aromatic N) is 2. The number of carbonyl (C=O) groups excluding carboxylic acids is 2. The van der Waals surface area contributed by atoms with Gasteiger partial charge < -0.3 is 10.6 Å². The highest BCUT2D eigenvalue weighted by atomic mass is 16.2. The monoisotopic (exact) mass is 388 g/mol. The van der Waals surface area contributed by atoms with Crippen LogP contribution >= 0.6 is 0 Å². The summed E-state index contributed by atoms with van der Waals surface area (Å²) in [6, 6.07) is 12.6. The van der Waals surface area contributed by atoms with Crippen LogP contribution in [-0.4, -0.2) is 21.6 Å². The molecule has 1 aromatic heterocycles. The largest absolute Gasteiger partial charge is 0.323 e. The van der Waals surface area contributed by atoms with E-state index in [2.05, 4.69) is 36.5 Å². The van der Waals surface area contributed by atoms with Crippen molar-refractivity contribution < 1.29 is 9.59 Å². The molecule has 0 bridgehead atoms. The van der Waals surface area contributed by atoms with Gasteiger partial charge in [-0.25, -0.2) is 4.79 Å².